The number of thioether (sulfide) groups is 1. The van der Waals surface area contributed by atoms with Crippen LogP contribution in [-0.2, 0) is 9.59 Å². The molecular formula is C14H19NO5S. The van der Waals surface area contributed by atoms with Crippen molar-refractivity contribution < 1.29 is 24.5 Å². The van der Waals surface area contributed by atoms with Gasteiger partial charge in [0.15, 0.2) is 6.04 Å². The molecule has 0 saturated carbocycles. The second-order valence-electron chi connectivity index (χ2n) is 4.32. The number of hydrogen-bond acceptors (Lipinski definition) is 5. The van der Waals surface area contributed by atoms with E-state index in [4.69, 9.17) is 9.84 Å². The highest BCUT2D eigenvalue weighted by Crippen LogP contribution is 2.21. The maximum Gasteiger partial charge on any atom is 0.328 e. The molecule has 6 nitrogen and oxygen atoms in total. The third-order valence-corrected chi connectivity index (χ3v) is 3.58. The highest BCUT2D eigenvalue weighted by molar-refractivity contribution is 8.00. The van der Waals surface area contributed by atoms with Gasteiger partial charge in [0.25, 0.3) is 0 Å². The Balaban J connectivity index is 2.47. The van der Waals surface area contributed by atoms with Gasteiger partial charge >= 0.3 is 5.97 Å². The van der Waals surface area contributed by atoms with Crippen molar-refractivity contribution >= 4 is 23.6 Å². The number of aliphatic hydroxyl groups is 1. The predicted molar refractivity (Wildman–Crippen MR) is 79.6 cm³/mol. The van der Waals surface area contributed by atoms with Crippen molar-refractivity contribution in [3.63, 3.8) is 0 Å². The van der Waals surface area contributed by atoms with Crippen LogP contribution in [0.3, 0.4) is 0 Å². The Bertz CT molecular complexity index is 475. The summed E-state index contributed by atoms with van der Waals surface area (Å²) in [6.45, 7) is 3.80. The third-order valence-electron chi connectivity index (χ3n) is 2.57. The second-order valence-corrected chi connectivity index (χ2v) is 5.37. The standard InChI is InChI=1S/C14H19NO5S/c1-3-20-10-4-6-11(7-5-10)21-8-12(17)15-13(9(2)16)14(18)19/h4-7,9,13,16H,3,8H2,1-2H3,(H,15,17)(H,18,19)/t9-,13+/m1/s1. The Labute approximate surface area is 127 Å². The van der Waals surface area contributed by atoms with Crippen LogP contribution < -0.4 is 10.1 Å². The average Bonchev–Trinajstić information content (AvgIpc) is 2.43. The first-order valence-electron chi connectivity index (χ1n) is 6.50. The minimum Gasteiger partial charge on any atom is -0.494 e. The number of carbonyl (C=O) groups excluding carboxylic acids is 1. The van der Waals surface area contributed by atoms with E-state index in [-0.39, 0.29) is 5.75 Å². The van der Waals surface area contributed by atoms with Gasteiger partial charge in [-0.15, -0.1) is 11.8 Å². The van der Waals surface area contributed by atoms with Gasteiger partial charge in [0, 0.05) is 4.90 Å². The summed E-state index contributed by atoms with van der Waals surface area (Å²) in [5.74, 6) is -0.872. The SMILES string of the molecule is CCOc1ccc(SCC(=O)N[C@H](C(=O)O)[C@@H](C)O)cc1. The predicted octanol–water partition coefficient (Wildman–Crippen LogP) is 1.13. The van der Waals surface area contributed by atoms with Crippen LogP contribution in [-0.4, -0.2) is 46.6 Å². The molecule has 21 heavy (non-hydrogen) atoms. The average molecular weight is 313 g/mol. The van der Waals surface area contributed by atoms with E-state index >= 15 is 0 Å². The minimum absolute atomic E-state index is 0.0739. The summed E-state index contributed by atoms with van der Waals surface area (Å²) in [6, 6.07) is 5.97. The largest absolute Gasteiger partial charge is 0.494 e. The lowest BCUT2D eigenvalue weighted by molar-refractivity contribution is -0.144. The number of amides is 1. The zero-order valence-corrected chi connectivity index (χ0v) is 12.7. The van der Waals surface area contributed by atoms with E-state index in [0.717, 1.165) is 10.6 Å². The number of carboxylic acids is 1. The number of nitrogens with one attached hydrogen (secondary N) is 1. The van der Waals surface area contributed by atoms with E-state index in [1.54, 1.807) is 12.1 Å². The minimum atomic E-state index is -1.29. The van der Waals surface area contributed by atoms with Crippen LogP contribution in [0.5, 0.6) is 5.75 Å². The van der Waals surface area contributed by atoms with Crippen LogP contribution in [0.1, 0.15) is 13.8 Å². The summed E-state index contributed by atoms with van der Waals surface area (Å²) in [6.07, 6.45) is -1.15. The maximum atomic E-state index is 11.7. The third kappa shape index (κ3) is 6.05. The first-order valence-corrected chi connectivity index (χ1v) is 7.48. The molecule has 0 aliphatic rings. The molecular weight excluding hydrogens is 294 g/mol. The van der Waals surface area contributed by atoms with Gasteiger partial charge in [0.1, 0.15) is 5.75 Å². The monoisotopic (exact) mass is 313 g/mol. The molecule has 0 aliphatic heterocycles. The smallest absolute Gasteiger partial charge is 0.328 e. The van der Waals surface area contributed by atoms with Gasteiger partial charge < -0.3 is 20.3 Å². The summed E-state index contributed by atoms with van der Waals surface area (Å²) in [5.41, 5.74) is 0. The first kappa shape index (κ1) is 17.3. The van der Waals surface area contributed by atoms with Gasteiger partial charge in [-0.1, -0.05) is 0 Å². The van der Waals surface area contributed by atoms with Crippen LogP contribution in [0.15, 0.2) is 29.2 Å². The second kappa shape index (κ2) is 8.53. The molecule has 0 aliphatic carbocycles. The van der Waals surface area contributed by atoms with Gasteiger partial charge in [-0.3, -0.25) is 4.79 Å². The van der Waals surface area contributed by atoms with Crippen molar-refractivity contribution in [2.24, 2.45) is 0 Å². The quantitative estimate of drug-likeness (QED) is 0.623. The molecule has 0 saturated heterocycles. The van der Waals surface area contributed by atoms with Crippen LogP contribution in [0, 0.1) is 0 Å². The molecule has 0 bridgehead atoms. The Kier molecular flexibility index (Phi) is 7.04. The normalized spacial score (nSPS) is 13.3. The fourth-order valence-electron chi connectivity index (χ4n) is 1.55. The number of aliphatic hydroxyl groups excluding tert-OH is 1. The van der Waals surface area contributed by atoms with Gasteiger partial charge in [0.05, 0.1) is 18.5 Å². The van der Waals surface area contributed by atoms with Crippen LogP contribution in [0.25, 0.3) is 0 Å². The summed E-state index contributed by atoms with van der Waals surface area (Å²) in [7, 11) is 0. The molecule has 0 aromatic heterocycles. The summed E-state index contributed by atoms with van der Waals surface area (Å²) in [5, 5.41) is 20.4. The molecule has 0 heterocycles. The summed E-state index contributed by atoms with van der Waals surface area (Å²) in [4.78, 5) is 23.4. The van der Waals surface area contributed by atoms with Crippen LogP contribution in [0.2, 0.25) is 0 Å². The van der Waals surface area contributed by atoms with Gasteiger partial charge in [-0.2, -0.15) is 0 Å². The Morgan fingerprint density at radius 2 is 1.95 bits per heavy atom. The summed E-state index contributed by atoms with van der Waals surface area (Å²) >= 11 is 1.28. The van der Waals surface area contributed by atoms with E-state index in [1.165, 1.54) is 18.7 Å². The summed E-state index contributed by atoms with van der Waals surface area (Å²) < 4.78 is 5.31. The van der Waals surface area contributed by atoms with E-state index in [1.807, 2.05) is 19.1 Å². The highest BCUT2D eigenvalue weighted by atomic mass is 32.2. The number of aliphatic carboxylic acids is 1. The zero-order valence-electron chi connectivity index (χ0n) is 11.9. The lowest BCUT2D eigenvalue weighted by Crippen LogP contribution is -2.48. The van der Waals surface area contributed by atoms with Crippen LogP contribution >= 0.6 is 11.8 Å². The van der Waals surface area contributed by atoms with Gasteiger partial charge in [-0.05, 0) is 38.1 Å². The Morgan fingerprint density at radius 3 is 2.43 bits per heavy atom. The van der Waals surface area contributed by atoms with E-state index in [2.05, 4.69) is 5.32 Å². The molecule has 3 N–H and O–H groups in total. The number of carboxylic acid groups (broad SMARTS) is 1. The molecule has 0 spiro atoms. The van der Waals surface area contributed by atoms with Gasteiger partial charge in [0.2, 0.25) is 5.91 Å². The van der Waals surface area contributed by atoms with E-state index in [0.29, 0.717) is 6.61 Å². The Hall–Kier alpha value is -1.73. The first-order chi connectivity index (χ1) is 9.93. The molecule has 1 amide bonds. The topological polar surface area (TPSA) is 95.9 Å². The number of hydrogen-bond donors (Lipinski definition) is 3. The van der Waals surface area contributed by atoms with Crippen molar-refractivity contribution in [2.75, 3.05) is 12.4 Å². The number of benzene rings is 1. The van der Waals surface area contributed by atoms with Crippen molar-refractivity contribution in [1.82, 2.24) is 5.32 Å². The molecule has 116 valence electrons. The van der Waals surface area contributed by atoms with Crippen molar-refractivity contribution in [1.29, 1.82) is 0 Å². The van der Waals surface area contributed by atoms with Crippen molar-refractivity contribution in [2.45, 2.75) is 30.9 Å². The zero-order chi connectivity index (χ0) is 15.8. The number of ether oxygens (including phenoxy) is 1. The fraction of sp³-hybridized carbons (Fsp3) is 0.429. The molecule has 0 unspecified atom stereocenters. The van der Waals surface area contributed by atoms with E-state index in [9.17, 15) is 14.7 Å². The maximum absolute atomic E-state index is 11.7. The number of carbonyl (C=O) groups is 2. The lowest BCUT2D eigenvalue weighted by Gasteiger charge is -2.16. The molecule has 0 fully saturated rings. The van der Waals surface area contributed by atoms with Crippen molar-refractivity contribution in [3.8, 4) is 5.75 Å². The van der Waals surface area contributed by atoms with Crippen molar-refractivity contribution in [3.05, 3.63) is 24.3 Å². The van der Waals surface area contributed by atoms with E-state index < -0.39 is 24.0 Å². The lowest BCUT2D eigenvalue weighted by atomic mass is 10.2. The molecule has 1 aromatic carbocycles. The highest BCUT2D eigenvalue weighted by Gasteiger charge is 2.24. The van der Waals surface area contributed by atoms with Crippen LogP contribution in [0.4, 0.5) is 0 Å². The molecule has 2 atom stereocenters. The molecule has 0 radical (unpaired) electrons. The van der Waals surface area contributed by atoms with Gasteiger partial charge in [-0.25, -0.2) is 4.79 Å². The fourth-order valence-corrected chi connectivity index (χ4v) is 2.26. The molecule has 1 rings (SSSR count). The molecule has 7 heteroatoms. The number of rotatable bonds is 8. The molecule has 1 aromatic rings. The Morgan fingerprint density at radius 1 is 1.33 bits per heavy atom.